The van der Waals surface area contributed by atoms with Gasteiger partial charge in [-0.2, -0.15) is 4.98 Å². The molecule has 2 rings (SSSR count). The van der Waals surface area contributed by atoms with E-state index in [1.165, 1.54) is 0 Å². The van der Waals surface area contributed by atoms with Gasteiger partial charge in [-0.15, -0.1) is 0 Å². The molecule has 100 valence electrons. The zero-order chi connectivity index (χ0) is 13.8. The van der Waals surface area contributed by atoms with Crippen LogP contribution in [0.15, 0.2) is 27.2 Å². The van der Waals surface area contributed by atoms with Gasteiger partial charge in [0, 0.05) is 30.0 Å². The van der Waals surface area contributed by atoms with Crippen molar-refractivity contribution >= 4 is 27.6 Å². The zero-order valence-electron chi connectivity index (χ0n) is 10.2. The van der Waals surface area contributed by atoms with Gasteiger partial charge in [0.2, 0.25) is 5.89 Å². The van der Waals surface area contributed by atoms with E-state index in [2.05, 4.69) is 31.4 Å². The standard InChI is InChI=1S/C12H12BrN3O3/c1-7-15-11(16-19-7)2-3-14-10-5-8(12(17)18)4-9(13)6-10/h4-6,14H,2-3H2,1H3,(H,17,18). The molecule has 0 radical (unpaired) electrons. The topological polar surface area (TPSA) is 88.2 Å². The molecule has 0 atom stereocenters. The van der Waals surface area contributed by atoms with Crippen molar-refractivity contribution in [3.8, 4) is 0 Å². The molecule has 0 spiro atoms. The number of nitrogens with zero attached hydrogens (tertiary/aromatic N) is 2. The molecule has 2 aromatic rings. The summed E-state index contributed by atoms with van der Waals surface area (Å²) in [4.78, 5) is 15.0. The van der Waals surface area contributed by atoms with Crippen LogP contribution >= 0.6 is 15.9 Å². The third kappa shape index (κ3) is 3.78. The first-order chi connectivity index (χ1) is 9.04. The van der Waals surface area contributed by atoms with E-state index in [-0.39, 0.29) is 5.56 Å². The SMILES string of the molecule is Cc1nc(CCNc2cc(Br)cc(C(=O)O)c2)no1. The van der Waals surface area contributed by atoms with E-state index >= 15 is 0 Å². The fourth-order valence-electron chi connectivity index (χ4n) is 1.58. The highest BCUT2D eigenvalue weighted by atomic mass is 79.9. The van der Waals surface area contributed by atoms with Gasteiger partial charge in [-0.25, -0.2) is 4.79 Å². The summed E-state index contributed by atoms with van der Waals surface area (Å²) in [5.41, 5.74) is 0.958. The summed E-state index contributed by atoms with van der Waals surface area (Å²) in [6.07, 6.45) is 0.603. The highest BCUT2D eigenvalue weighted by molar-refractivity contribution is 9.10. The van der Waals surface area contributed by atoms with Crippen LogP contribution in [0.2, 0.25) is 0 Å². The van der Waals surface area contributed by atoms with Crippen molar-refractivity contribution in [1.29, 1.82) is 0 Å². The lowest BCUT2D eigenvalue weighted by Crippen LogP contribution is -2.07. The van der Waals surface area contributed by atoms with Crippen LogP contribution in [0.4, 0.5) is 5.69 Å². The summed E-state index contributed by atoms with van der Waals surface area (Å²) in [7, 11) is 0. The number of benzene rings is 1. The first-order valence-corrected chi connectivity index (χ1v) is 6.41. The lowest BCUT2D eigenvalue weighted by atomic mass is 10.2. The summed E-state index contributed by atoms with van der Waals surface area (Å²) in [5, 5.41) is 15.9. The first-order valence-electron chi connectivity index (χ1n) is 5.61. The number of hydrogen-bond acceptors (Lipinski definition) is 5. The van der Waals surface area contributed by atoms with Gasteiger partial charge in [0.25, 0.3) is 0 Å². The second-order valence-electron chi connectivity index (χ2n) is 3.94. The fraction of sp³-hybridized carbons (Fsp3) is 0.250. The Bertz CT molecular complexity index is 598. The smallest absolute Gasteiger partial charge is 0.335 e. The first kappa shape index (κ1) is 13.5. The number of carboxylic acid groups (broad SMARTS) is 1. The minimum absolute atomic E-state index is 0.229. The van der Waals surface area contributed by atoms with Crippen LogP contribution < -0.4 is 5.32 Å². The largest absolute Gasteiger partial charge is 0.478 e. The van der Waals surface area contributed by atoms with E-state index in [1.54, 1.807) is 19.1 Å². The second-order valence-corrected chi connectivity index (χ2v) is 4.86. The van der Waals surface area contributed by atoms with Gasteiger partial charge in [-0.05, 0) is 18.2 Å². The van der Waals surface area contributed by atoms with Crippen molar-refractivity contribution in [3.63, 3.8) is 0 Å². The van der Waals surface area contributed by atoms with Crippen LogP contribution in [0.5, 0.6) is 0 Å². The van der Waals surface area contributed by atoms with E-state index in [1.807, 2.05) is 6.07 Å². The average Bonchev–Trinajstić information content (AvgIpc) is 2.74. The molecule has 6 nitrogen and oxygen atoms in total. The third-order valence-corrected chi connectivity index (χ3v) is 2.85. The summed E-state index contributed by atoms with van der Waals surface area (Å²) >= 11 is 3.28. The number of rotatable bonds is 5. The molecule has 1 aromatic heterocycles. The molecule has 0 aliphatic rings. The van der Waals surface area contributed by atoms with Gasteiger partial charge in [0.1, 0.15) is 0 Å². The van der Waals surface area contributed by atoms with Crippen molar-refractivity contribution in [2.24, 2.45) is 0 Å². The van der Waals surface area contributed by atoms with E-state index in [0.717, 1.165) is 5.69 Å². The second kappa shape index (κ2) is 5.83. The van der Waals surface area contributed by atoms with Gasteiger partial charge >= 0.3 is 5.97 Å². The molecule has 0 amide bonds. The molecule has 19 heavy (non-hydrogen) atoms. The minimum atomic E-state index is -0.960. The zero-order valence-corrected chi connectivity index (χ0v) is 11.8. The summed E-state index contributed by atoms with van der Waals surface area (Å²) in [6.45, 7) is 2.33. The van der Waals surface area contributed by atoms with Crippen LogP contribution in [0.25, 0.3) is 0 Å². The Morgan fingerprint density at radius 2 is 2.26 bits per heavy atom. The third-order valence-electron chi connectivity index (χ3n) is 2.39. The molecule has 0 aliphatic heterocycles. The summed E-state index contributed by atoms with van der Waals surface area (Å²) < 4.78 is 5.58. The number of aryl methyl sites for hydroxylation is 1. The van der Waals surface area contributed by atoms with Crippen LogP contribution in [-0.4, -0.2) is 27.8 Å². The van der Waals surface area contributed by atoms with Gasteiger partial charge in [0.15, 0.2) is 5.82 Å². The van der Waals surface area contributed by atoms with Crippen LogP contribution in [0, 0.1) is 6.92 Å². The fourth-order valence-corrected chi connectivity index (χ4v) is 2.07. The van der Waals surface area contributed by atoms with Gasteiger partial charge in [-0.1, -0.05) is 21.1 Å². The molecular formula is C12H12BrN3O3. The number of nitrogens with one attached hydrogen (secondary N) is 1. The minimum Gasteiger partial charge on any atom is -0.478 e. The van der Waals surface area contributed by atoms with E-state index in [4.69, 9.17) is 9.63 Å². The van der Waals surface area contributed by atoms with Crippen LogP contribution in [0.3, 0.4) is 0 Å². The van der Waals surface area contributed by atoms with E-state index < -0.39 is 5.97 Å². The summed E-state index contributed by atoms with van der Waals surface area (Å²) in [5.74, 6) is 0.196. The number of aromatic carboxylic acids is 1. The normalized spacial score (nSPS) is 10.4. The maximum atomic E-state index is 10.9. The lowest BCUT2D eigenvalue weighted by molar-refractivity contribution is 0.0697. The molecule has 0 bridgehead atoms. The maximum absolute atomic E-state index is 10.9. The van der Waals surface area contributed by atoms with Crippen molar-refractivity contribution < 1.29 is 14.4 Å². The van der Waals surface area contributed by atoms with Crippen LogP contribution in [-0.2, 0) is 6.42 Å². The average molecular weight is 326 g/mol. The van der Waals surface area contributed by atoms with Crippen molar-refractivity contribution in [3.05, 3.63) is 40.0 Å². The molecule has 0 aliphatic carbocycles. The predicted octanol–water partition coefficient (Wildman–Crippen LogP) is 2.49. The monoisotopic (exact) mass is 325 g/mol. The molecule has 0 saturated carbocycles. The Morgan fingerprint density at radius 3 is 2.89 bits per heavy atom. The highest BCUT2D eigenvalue weighted by Gasteiger charge is 2.06. The van der Waals surface area contributed by atoms with Crippen molar-refractivity contribution in [1.82, 2.24) is 10.1 Å². The molecule has 7 heteroatoms. The lowest BCUT2D eigenvalue weighted by Gasteiger charge is -2.06. The quantitative estimate of drug-likeness (QED) is 0.878. The Kier molecular flexibility index (Phi) is 4.16. The maximum Gasteiger partial charge on any atom is 0.335 e. The molecule has 0 fully saturated rings. The molecule has 2 N–H and O–H groups in total. The Morgan fingerprint density at radius 1 is 1.47 bits per heavy atom. The number of carbonyl (C=O) groups is 1. The van der Waals surface area contributed by atoms with Gasteiger partial charge in [0.05, 0.1) is 5.56 Å². The molecule has 1 aromatic carbocycles. The van der Waals surface area contributed by atoms with Crippen molar-refractivity contribution in [2.45, 2.75) is 13.3 Å². The number of carboxylic acids is 1. The molecule has 1 heterocycles. The Labute approximate surface area is 118 Å². The van der Waals surface area contributed by atoms with E-state index in [9.17, 15) is 4.79 Å². The number of anilines is 1. The van der Waals surface area contributed by atoms with Crippen molar-refractivity contribution in [2.75, 3.05) is 11.9 Å². The molecule has 0 unspecified atom stereocenters. The van der Waals surface area contributed by atoms with E-state index in [0.29, 0.717) is 29.2 Å². The van der Waals surface area contributed by atoms with Crippen LogP contribution in [0.1, 0.15) is 22.1 Å². The Hall–Kier alpha value is -1.89. The van der Waals surface area contributed by atoms with Gasteiger partial charge in [-0.3, -0.25) is 0 Å². The summed E-state index contributed by atoms with van der Waals surface area (Å²) in [6, 6.07) is 4.94. The van der Waals surface area contributed by atoms with Gasteiger partial charge < -0.3 is 14.9 Å². The highest BCUT2D eigenvalue weighted by Crippen LogP contribution is 2.19. The predicted molar refractivity (Wildman–Crippen MR) is 72.3 cm³/mol. The number of aromatic nitrogens is 2. The molecular weight excluding hydrogens is 314 g/mol. The molecule has 0 saturated heterocycles. The Balaban J connectivity index is 1.97. The number of hydrogen-bond donors (Lipinski definition) is 2. The number of halogens is 1.